The van der Waals surface area contributed by atoms with Crippen molar-refractivity contribution in [1.82, 2.24) is 9.55 Å². The zero-order valence-corrected chi connectivity index (χ0v) is 13.1. The Morgan fingerprint density at radius 3 is 2.70 bits per heavy atom. The molecule has 0 saturated heterocycles. The standard InChI is InChI=1S/C15H18Cl2N2O/c1-11(2)9-20-15(8-19-6-5-18-10-19)13-4-3-12(16)7-14(13)17/h3-7,10-11,15H,8-9H2,1-2H3. The maximum Gasteiger partial charge on any atom is 0.102 e. The van der Waals surface area contributed by atoms with Gasteiger partial charge in [-0.1, -0.05) is 43.1 Å². The molecule has 0 bridgehead atoms. The second kappa shape index (κ2) is 7.11. The van der Waals surface area contributed by atoms with E-state index in [1.807, 2.05) is 22.9 Å². The van der Waals surface area contributed by atoms with Crippen LogP contribution in [0.15, 0.2) is 36.9 Å². The van der Waals surface area contributed by atoms with Gasteiger partial charge in [-0.15, -0.1) is 0 Å². The highest BCUT2D eigenvalue weighted by molar-refractivity contribution is 6.35. The van der Waals surface area contributed by atoms with Crippen LogP contribution < -0.4 is 0 Å². The highest BCUT2D eigenvalue weighted by Gasteiger charge is 2.17. The van der Waals surface area contributed by atoms with E-state index in [0.29, 0.717) is 29.1 Å². The molecule has 5 heteroatoms. The van der Waals surface area contributed by atoms with Crippen LogP contribution in [-0.4, -0.2) is 16.2 Å². The highest BCUT2D eigenvalue weighted by atomic mass is 35.5. The first-order chi connectivity index (χ1) is 9.56. The third-order valence-electron chi connectivity index (χ3n) is 2.88. The summed E-state index contributed by atoms with van der Waals surface area (Å²) in [5.74, 6) is 0.464. The van der Waals surface area contributed by atoms with E-state index < -0.39 is 0 Å². The Morgan fingerprint density at radius 1 is 1.30 bits per heavy atom. The number of ether oxygens (including phenoxy) is 1. The summed E-state index contributed by atoms with van der Waals surface area (Å²) in [5, 5.41) is 1.26. The Hall–Kier alpha value is -1.03. The minimum atomic E-state index is -0.114. The van der Waals surface area contributed by atoms with E-state index in [9.17, 15) is 0 Å². The van der Waals surface area contributed by atoms with E-state index in [1.54, 1.807) is 18.6 Å². The number of rotatable bonds is 6. The molecule has 108 valence electrons. The molecular formula is C15H18Cl2N2O. The fraction of sp³-hybridized carbons (Fsp3) is 0.400. The Bertz CT molecular complexity index is 541. The van der Waals surface area contributed by atoms with Gasteiger partial charge in [-0.25, -0.2) is 4.98 Å². The molecular weight excluding hydrogens is 295 g/mol. The fourth-order valence-electron chi connectivity index (χ4n) is 1.90. The lowest BCUT2D eigenvalue weighted by Gasteiger charge is -2.21. The van der Waals surface area contributed by atoms with Crippen LogP contribution in [0.3, 0.4) is 0 Å². The van der Waals surface area contributed by atoms with Crippen molar-refractivity contribution in [3.63, 3.8) is 0 Å². The van der Waals surface area contributed by atoms with Crippen LogP contribution in [0.2, 0.25) is 10.0 Å². The lowest BCUT2D eigenvalue weighted by atomic mass is 10.1. The molecule has 1 aromatic heterocycles. The molecule has 2 aromatic rings. The molecule has 0 fully saturated rings. The molecule has 1 atom stereocenters. The smallest absolute Gasteiger partial charge is 0.102 e. The van der Waals surface area contributed by atoms with Crippen molar-refractivity contribution >= 4 is 23.2 Å². The Kier molecular flexibility index (Phi) is 5.46. The summed E-state index contributed by atoms with van der Waals surface area (Å²) in [4.78, 5) is 4.05. The monoisotopic (exact) mass is 312 g/mol. The summed E-state index contributed by atoms with van der Waals surface area (Å²) in [6, 6.07) is 5.51. The lowest BCUT2D eigenvalue weighted by Crippen LogP contribution is -2.15. The molecule has 0 N–H and O–H groups in total. The van der Waals surface area contributed by atoms with Gasteiger partial charge in [0.2, 0.25) is 0 Å². The first-order valence-corrected chi connectivity index (χ1v) is 7.34. The van der Waals surface area contributed by atoms with Crippen LogP contribution in [0, 0.1) is 5.92 Å². The lowest BCUT2D eigenvalue weighted by molar-refractivity contribution is 0.0241. The van der Waals surface area contributed by atoms with Gasteiger partial charge in [-0.3, -0.25) is 0 Å². The van der Waals surface area contributed by atoms with Crippen LogP contribution in [0.4, 0.5) is 0 Å². The van der Waals surface area contributed by atoms with Gasteiger partial charge in [0.15, 0.2) is 0 Å². The van der Waals surface area contributed by atoms with Gasteiger partial charge in [0.25, 0.3) is 0 Å². The number of benzene rings is 1. The van der Waals surface area contributed by atoms with Crippen molar-refractivity contribution in [1.29, 1.82) is 0 Å². The molecule has 0 aliphatic rings. The number of halogens is 2. The first kappa shape index (κ1) is 15.4. The summed E-state index contributed by atoms with van der Waals surface area (Å²) < 4.78 is 7.99. The summed E-state index contributed by atoms with van der Waals surface area (Å²) in [5.41, 5.74) is 0.949. The van der Waals surface area contributed by atoms with Crippen LogP contribution in [0.5, 0.6) is 0 Å². The Labute approximate surface area is 129 Å². The van der Waals surface area contributed by atoms with Crippen molar-refractivity contribution < 1.29 is 4.74 Å². The van der Waals surface area contributed by atoms with Gasteiger partial charge < -0.3 is 9.30 Å². The van der Waals surface area contributed by atoms with Crippen molar-refractivity contribution in [2.24, 2.45) is 5.92 Å². The van der Waals surface area contributed by atoms with E-state index in [4.69, 9.17) is 27.9 Å². The molecule has 2 rings (SSSR count). The average molecular weight is 313 g/mol. The Morgan fingerprint density at radius 2 is 2.10 bits per heavy atom. The van der Waals surface area contributed by atoms with Crippen LogP contribution in [-0.2, 0) is 11.3 Å². The number of hydrogen-bond acceptors (Lipinski definition) is 2. The van der Waals surface area contributed by atoms with Gasteiger partial charge in [-0.2, -0.15) is 0 Å². The quantitative estimate of drug-likeness (QED) is 0.779. The molecule has 0 saturated carbocycles. The van der Waals surface area contributed by atoms with E-state index in [0.717, 1.165) is 5.56 Å². The predicted molar refractivity (Wildman–Crippen MR) is 82.2 cm³/mol. The largest absolute Gasteiger partial charge is 0.371 e. The molecule has 0 aliphatic carbocycles. The van der Waals surface area contributed by atoms with Gasteiger partial charge in [0, 0.05) is 34.6 Å². The highest BCUT2D eigenvalue weighted by Crippen LogP contribution is 2.30. The van der Waals surface area contributed by atoms with Crippen molar-refractivity contribution in [3.8, 4) is 0 Å². The van der Waals surface area contributed by atoms with Crippen molar-refractivity contribution in [2.75, 3.05) is 6.61 Å². The maximum absolute atomic E-state index is 6.29. The molecule has 1 aromatic carbocycles. The number of hydrogen-bond donors (Lipinski definition) is 0. The summed E-state index contributed by atoms with van der Waals surface area (Å²) in [7, 11) is 0. The molecule has 0 spiro atoms. The number of imidazole rings is 1. The molecule has 1 heterocycles. The second-order valence-corrected chi connectivity index (χ2v) is 5.98. The van der Waals surface area contributed by atoms with Crippen molar-refractivity contribution in [2.45, 2.75) is 26.5 Å². The zero-order chi connectivity index (χ0) is 14.5. The van der Waals surface area contributed by atoms with Crippen LogP contribution in [0.25, 0.3) is 0 Å². The SMILES string of the molecule is CC(C)COC(Cn1ccnc1)c1ccc(Cl)cc1Cl. The van der Waals surface area contributed by atoms with Gasteiger partial charge >= 0.3 is 0 Å². The van der Waals surface area contributed by atoms with Gasteiger partial charge in [0.05, 0.1) is 12.9 Å². The molecule has 1 unspecified atom stereocenters. The van der Waals surface area contributed by atoms with Gasteiger partial charge in [0.1, 0.15) is 6.10 Å². The number of nitrogens with zero attached hydrogens (tertiary/aromatic N) is 2. The zero-order valence-electron chi connectivity index (χ0n) is 11.6. The molecule has 0 aliphatic heterocycles. The van der Waals surface area contributed by atoms with E-state index in [1.165, 1.54) is 0 Å². The van der Waals surface area contributed by atoms with Crippen LogP contribution >= 0.6 is 23.2 Å². The summed E-state index contributed by atoms with van der Waals surface area (Å²) >= 11 is 12.2. The first-order valence-electron chi connectivity index (χ1n) is 6.58. The molecule has 0 amide bonds. The summed E-state index contributed by atoms with van der Waals surface area (Å²) in [6.07, 6.45) is 5.32. The minimum Gasteiger partial charge on any atom is -0.371 e. The van der Waals surface area contributed by atoms with Gasteiger partial charge in [-0.05, 0) is 18.1 Å². The predicted octanol–water partition coefficient (Wildman–Crippen LogP) is 4.60. The third kappa shape index (κ3) is 4.23. The topological polar surface area (TPSA) is 27.1 Å². The van der Waals surface area contributed by atoms with E-state index >= 15 is 0 Å². The minimum absolute atomic E-state index is 0.114. The second-order valence-electron chi connectivity index (χ2n) is 5.14. The molecule has 0 radical (unpaired) electrons. The van der Waals surface area contributed by atoms with E-state index in [2.05, 4.69) is 18.8 Å². The van der Waals surface area contributed by atoms with Crippen molar-refractivity contribution in [3.05, 3.63) is 52.5 Å². The molecule has 20 heavy (non-hydrogen) atoms. The average Bonchev–Trinajstić information content (AvgIpc) is 2.87. The maximum atomic E-state index is 6.29. The fourth-order valence-corrected chi connectivity index (χ4v) is 2.43. The summed E-state index contributed by atoms with van der Waals surface area (Å²) in [6.45, 7) is 5.60. The molecule has 3 nitrogen and oxygen atoms in total. The normalized spacial score (nSPS) is 12.8. The van der Waals surface area contributed by atoms with E-state index in [-0.39, 0.29) is 6.10 Å². The van der Waals surface area contributed by atoms with Crippen LogP contribution in [0.1, 0.15) is 25.5 Å². The Balaban J connectivity index is 2.20. The number of aromatic nitrogens is 2. The third-order valence-corrected chi connectivity index (χ3v) is 3.44.